The van der Waals surface area contributed by atoms with Gasteiger partial charge in [-0.3, -0.25) is 9.59 Å². The average molecular weight is 502 g/mol. The number of aliphatic hydroxyl groups is 4. The molecule has 0 aromatic heterocycles. The van der Waals surface area contributed by atoms with Crippen LogP contribution >= 0.6 is 0 Å². The number of carboxylic acid groups (broad SMARTS) is 2. The van der Waals surface area contributed by atoms with Crippen molar-refractivity contribution >= 4 is 23.7 Å². The molecule has 0 aliphatic carbocycles. The monoisotopic (exact) mass is 500 g/mol. The summed E-state index contributed by atoms with van der Waals surface area (Å²) in [5.74, 6) is -3.82. The molecule has 0 fully saturated rings. The Bertz CT molecular complexity index is 596. The fourth-order valence-corrected chi connectivity index (χ4v) is 1.60. The number of hydrogen-bond acceptors (Lipinski definition) is 10. The van der Waals surface area contributed by atoms with Crippen LogP contribution in [0.2, 0.25) is 0 Å². The van der Waals surface area contributed by atoms with Gasteiger partial charge < -0.3 is 50.8 Å². The van der Waals surface area contributed by atoms with E-state index in [1.165, 1.54) is 27.7 Å². The third kappa shape index (κ3) is 14.9. The Morgan fingerprint density at radius 2 is 1.39 bits per heavy atom. The number of nitrogens with one attached hydrogen (secondary N) is 1. The van der Waals surface area contributed by atoms with Gasteiger partial charge in [0.15, 0.2) is 0 Å². The molecule has 2 atom stereocenters. The zero-order valence-corrected chi connectivity index (χ0v) is 21.3. The number of rotatable bonds is 12. The van der Waals surface area contributed by atoms with Crippen molar-refractivity contribution in [3.05, 3.63) is 0 Å². The van der Waals surface area contributed by atoms with E-state index < -0.39 is 46.8 Å². The van der Waals surface area contributed by atoms with Gasteiger partial charge in [0.05, 0.1) is 25.7 Å². The fraction of sp³-hybridized carbons (Fsp3) is 0.778. The molecule has 1 amide bonds. The number of amides is 1. The smallest absolute Gasteiger partial charge is 0.860 e. The van der Waals surface area contributed by atoms with Crippen LogP contribution < -0.4 is 15.5 Å². The van der Waals surface area contributed by atoms with Crippen molar-refractivity contribution in [2.24, 2.45) is 15.8 Å². The van der Waals surface area contributed by atoms with Crippen LogP contribution in [0.25, 0.3) is 0 Å². The van der Waals surface area contributed by atoms with Gasteiger partial charge in [0.25, 0.3) is 0 Å². The average Bonchev–Trinajstić information content (AvgIpc) is 2.66. The van der Waals surface area contributed by atoms with Crippen molar-refractivity contribution in [1.29, 1.82) is 0 Å². The van der Waals surface area contributed by atoms with E-state index in [1.807, 2.05) is 0 Å². The number of aliphatic carboxylic acids is 2. The van der Waals surface area contributed by atoms with E-state index >= 15 is 0 Å². The molecule has 0 aliphatic rings. The third-order valence-electron chi connectivity index (χ3n) is 4.00. The summed E-state index contributed by atoms with van der Waals surface area (Å²) in [5.41, 5.74) is -1.92. The molecule has 0 rings (SSSR count). The van der Waals surface area contributed by atoms with E-state index in [0.29, 0.717) is 0 Å². The normalized spacial score (nSPS) is 13.7. The molecule has 2 unspecified atom stereocenters. The van der Waals surface area contributed by atoms with Gasteiger partial charge in [-0.1, -0.05) is 27.7 Å². The molecule has 6 N–H and O–H groups in total. The van der Waals surface area contributed by atoms with Gasteiger partial charge in [-0.2, -0.15) is 0 Å². The molecule has 0 spiro atoms. The van der Waals surface area contributed by atoms with Gasteiger partial charge in [0.2, 0.25) is 5.91 Å². The molecule has 0 bridgehead atoms. The van der Waals surface area contributed by atoms with Crippen LogP contribution in [0.5, 0.6) is 0 Å². The maximum atomic E-state index is 11.3. The SMILES string of the molecule is CC(C)(CO)C(O)C(=O)NCCC(=O)O.CC(C)(CO)C(O)C([O-])=NCCC(=O)[O-].[Zn+2]. The summed E-state index contributed by atoms with van der Waals surface area (Å²) in [6.45, 7) is 5.12. The van der Waals surface area contributed by atoms with Crippen molar-refractivity contribution in [3.8, 4) is 0 Å². The molecule has 0 aromatic carbocycles. The largest absolute Gasteiger partial charge is 2.00 e. The molecule has 0 saturated carbocycles. The molecular formula is C18H32N2O10Zn. The molecule has 31 heavy (non-hydrogen) atoms. The van der Waals surface area contributed by atoms with Gasteiger partial charge in [0, 0.05) is 36.3 Å². The summed E-state index contributed by atoms with van der Waals surface area (Å²) in [6.07, 6.45) is -3.34. The molecule has 13 heteroatoms. The van der Waals surface area contributed by atoms with Crippen LogP contribution in [0, 0.1) is 10.8 Å². The van der Waals surface area contributed by atoms with Crippen molar-refractivity contribution in [2.75, 3.05) is 26.3 Å². The van der Waals surface area contributed by atoms with Crippen LogP contribution in [-0.2, 0) is 33.9 Å². The van der Waals surface area contributed by atoms with Gasteiger partial charge in [-0.15, -0.1) is 0 Å². The van der Waals surface area contributed by atoms with Crippen molar-refractivity contribution in [3.63, 3.8) is 0 Å². The van der Waals surface area contributed by atoms with Crippen molar-refractivity contribution < 1.29 is 69.6 Å². The number of carbonyl (C=O) groups is 3. The minimum absolute atomic E-state index is 0. The zero-order chi connectivity index (χ0) is 24.1. The van der Waals surface area contributed by atoms with Crippen molar-refractivity contribution in [1.82, 2.24) is 5.32 Å². The first kappa shape index (κ1) is 34.0. The molecule has 176 valence electrons. The van der Waals surface area contributed by atoms with Gasteiger partial charge in [-0.25, -0.2) is 0 Å². The number of aliphatic hydroxyl groups excluding tert-OH is 4. The van der Waals surface area contributed by atoms with Crippen LogP contribution in [0.15, 0.2) is 4.99 Å². The Kier molecular flexibility index (Phi) is 17.6. The maximum absolute atomic E-state index is 11.3. The van der Waals surface area contributed by atoms with E-state index in [4.69, 9.17) is 15.3 Å². The summed E-state index contributed by atoms with van der Waals surface area (Å²) >= 11 is 0. The summed E-state index contributed by atoms with van der Waals surface area (Å²) in [7, 11) is 0. The zero-order valence-electron chi connectivity index (χ0n) is 18.3. The van der Waals surface area contributed by atoms with Crippen LogP contribution in [0.4, 0.5) is 0 Å². The number of nitrogens with zero attached hydrogens (tertiary/aromatic N) is 1. The van der Waals surface area contributed by atoms with Crippen LogP contribution in [-0.4, -0.2) is 87.8 Å². The number of aliphatic imine (C=N–C) groups is 1. The molecular weight excluding hydrogens is 470 g/mol. The second-order valence-corrected chi connectivity index (χ2v) is 7.88. The molecule has 12 nitrogen and oxygen atoms in total. The molecule has 0 aromatic rings. The topological polar surface area (TPSA) is 223 Å². The summed E-state index contributed by atoms with van der Waals surface area (Å²) in [6, 6.07) is 0. The standard InChI is InChI=1S/2C9H17NO5.Zn/c2*1-9(2,5-11)7(14)8(15)10-4-3-6(12)13;/h2*7,11,14H,3-5H2,1-2H3,(H,10,15)(H,12,13);/q;;+2/p-2. The van der Waals surface area contributed by atoms with Gasteiger partial charge in [-0.05, 0) is 5.90 Å². The van der Waals surface area contributed by atoms with Crippen LogP contribution in [0.1, 0.15) is 40.5 Å². The molecule has 0 saturated heterocycles. The first-order valence-corrected chi connectivity index (χ1v) is 9.11. The van der Waals surface area contributed by atoms with Gasteiger partial charge >= 0.3 is 25.4 Å². The number of carboxylic acids is 2. The Morgan fingerprint density at radius 1 is 0.935 bits per heavy atom. The molecule has 0 radical (unpaired) electrons. The molecule has 0 heterocycles. The van der Waals surface area contributed by atoms with Gasteiger partial charge in [0.1, 0.15) is 6.10 Å². The Hall–Kier alpha value is -1.66. The number of hydrogen-bond donors (Lipinski definition) is 6. The summed E-state index contributed by atoms with van der Waals surface area (Å²) < 4.78 is 0. The van der Waals surface area contributed by atoms with Crippen LogP contribution in [0.3, 0.4) is 0 Å². The Balaban J connectivity index is -0.000000490. The van der Waals surface area contributed by atoms with E-state index in [2.05, 4.69) is 10.3 Å². The predicted octanol–water partition coefficient (Wildman–Crippen LogP) is -3.78. The first-order valence-electron chi connectivity index (χ1n) is 9.11. The summed E-state index contributed by atoms with van der Waals surface area (Å²) in [5, 5.41) is 68.5. The third-order valence-corrected chi connectivity index (χ3v) is 4.00. The first-order chi connectivity index (χ1) is 13.6. The quantitative estimate of drug-likeness (QED) is 0.0869. The van der Waals surface area contributed by atoms with E-state index in [-0.39, 0.29) is 58.6 Å². The second kappa shape index (κ2) is 16.0. The summed E-state index contributed by atoms with van der Waals surface area (Å²) in [4.78, 5) is 34.8. The second-order valence-electron chi connectivity index (χ2n) is 7.88. The predicted molar refractivity (Wildman–Crippen MR) is 101 cm³/mol. The minimum Gasteiger partial charge on any atom is -0.860 e. The minimum atomic E-state index is -1.43. The van der Waals surface area contributed by atoms with E-state index in [1.54, 1.807) is 0 Å². The molecule has 0 aliphatic heterocycles. The number of carbonyl (C=O) groups excluding carboxylic acids is 2. The maximum Gasteiger partial charge on any atom is 2.00 e. The van der Waals surface area contributed by atoms with Crippen molar-refractivity contribution in [2.45, 2.75) is 52.7 Å². The van der Waals surface area contributed by atoms with E-state index in [0.717, 1.165) is 0 Å². The van der Waals surface area contributed by atoms with E-state index in [9.17, 15) is 34.8 Å². The Morgan fingerprint density at radius 3 is 1.77 bits per heavy atom. The fourth-order valence-electron chi connectivity index (χ4n) is 1.60. The Labute approximate surface area is 193 Å².